The lowest BCUT2D eigenvalue weighted by Gasteiger charge is -2.24. The van der Waals surface area contributed by atoms with Crippen LogP contribution >= 0.6 is 0 Å². The Bertz CT molecular complexity index is 238. The molecule has 0 aromatic carbocycles. The van der Waals surface area contributed by atoms with E-state index in [0.29, 0.717) is 11.8 Å². The lowest BCUT2D eigenvalue weighted by atomic mass is 10.00. The highest BCUT2D eigenvalue weighted by Gasteiger charge is 2.17. The molecule has 1 atom stereocenters. The van der Waals surface area contributed by atoms with E-state index in [2.05, 4.69) is 24.5 Å². The van der Waals surface area contributed by atoms with Crippen LogP contribution in [0.3, 0.4) is 0 Å². The van der Waals surface area contributed by atoms with Crippen molar-refractivity contribution in [3.8, 4) is 0 Å². The molecule has 1 heterocycles. The van der Waals surface area contributed by atoms with Crippen molar-refractivity contribution in [1.82, 2.24) is 10.6 Å². The molecule has 0 aromatic rings. The predicted octanol–water partition coefficient (Wildman–Crippen LogP) is 1.55. The number of amides is 1. The van der Waals surface area contributed by atoms with Gasteiger partial charge in [-0.05, 0) is 44.6 Å². The molecule has 1 unspecified atom stereocenters. The van der Waals surface area contributed by atoms with Crippen LogP contribution in [0.1, 0.15) is 40.0 Å². The van der Waals surface area contributed by atoms with Crippen LogP contribution in [-0.4, -0.2) is 38.3 Å². The van der Waals surface area contributed by atoms with Gasteiger partial charge in [-0.25, -0.2) is 0 Å². The molecule has 0 aromatic heterocycles. The first-order valence-electron chi connectivity index (χ1n) is 7.18. The average molecular weight is 256 g/mol. The van der Waals surface area contributed by atoms with Gasteiger partial charge in [-0.15, -0.1) is 0 Å². The van der Waals surface area contributed by atoms with Gasteiger partial charge in [0.2, 0.25) is 5.91 Å². The molecule has 0 bridgehead atoms. The van der Waals surface area contributed by atoms with Crippen molar-refractivity contribution in [2.75, 3.05) is 26.3 Å². The van der Waals surface area contributed by atoms with Crippen molar-refractivity contribution >= 4 is 5.91 Å². The monoisotopic (exact) mass is 256 g/mol. The lowest BCUT2D eigenvalue weighted by molar-refractivity contribution is -0.122. The van der Waals surface area contributed by atoms with E-state index in [1.807, 2.05) is 6.92 Å². The maximum Gasteiger partial charge on any atom is 0.236 e. The topological polar surface area (TPSA) is 50.4 Å². The van der Waals surface area contributed by atoms with Crippen LogP contribution in [0.4, 0.5) is 0 Å². The minimum Gasteiger partial charge on any atom is -0.381 e. The molecule has 1 aliphatic heterocycles. The molecule has 0 saturated carbocycles. The molecular formula is C14H28N2O2. The molecule has 1 aliphatic rings. The van der Waals surface area contributed by atoms with Crippen LogP contribution in [0, 0.1) is 11.8 Å². The van der Waals surface area contributed by atoms with Crippen molar-refractivity contribution in [2.45, 2.75) is 46.1 Å². The van der Waals surface area contributed by atoms with E-state index in [4.69, 9.17) is 4.74 Å². The van der Waals surface area contributed by atoms with Gasteiger partial charge in [0.25, 0.3) is 0 Å². The maximum atomic E-state index is 11.8. The Morgan fingerprint density at radius 1 is 1.28 bits per heavy atom. The Morgan fingerprint density at radius 2 is 1.94 bits per heavy atom. The molecule has 0 aliphatic carbocycles. The highest BCUT2D eigenvalue weighted by Crippen LogP contribution is 2.13. The highest BCUT2D eigenvalue weighted by atomic mass is 16.5. The van der Waals surface area contributed by atoms with E-state index < -0.39 is 0 Å². The Labute approximate surface area is 111 Å². The minimum atomic E-state index is -0.0972. The first-order chi connectivity index (χ1) is 8.59. The van der Waals surface area contributed by atoms with Crippen molar-refractivity contribution in [2.24, 2.45) is 11.8 Å². The summed E-state index contributed by atoms with van der Waals surface area (Å²) in [5, 5.41) is 6.30. The number of rotatable bonds is 7. The number of ether oxygens (including phenoxy) is 1. The van der Waals surface area contributed by atoms with Gasteiger partial charge < -0.3 is 15.4 Å². The fraction of sp³-hybridized carbons (Fsp3) is 0.929. The Balaban J connectivity index is 2.10. The SMILES string of the molecule is CC(C)CCNC(=O)C(C)NCC1CCOCC1. The van der Waals surface area contributed by atoms with Crippen LogP contribution in [0.5, 0.6) is 0 Å². The van der Waals surface area contributed by atoms with Crippen LogP contribution < -0.4 is 10.6 Å². The van der Waals surface area contributed by atoms with Crippen LogP contribution in [0.2, 0.25) is 0 Å². The number of carbonyl (C=O) groups excluding carboxylic acids is 1. The fourth-order valence-corrected chi connectivity index (χ4v) is 2.02. The maximum absolute atomic E-state index is 11.8. The molecule has 1 saturated heterocycles. The fourth-order valence-electron chi connectivity index (χ4n) is 2.02. The van der Waals surface area contributed by atoms with Crippen LogP contribution in [0.25, 0.3) is 0 Å². The first-order valence-corrected chi connectivity index (χ1v) is 7.18. The van der Waals surface area contributed by atoms with Gasteiger partial charge in [0, 0.05) is 19.8 Å². The lowest BCUT2D eigenvalue weighted by Crippen LogP contribution is -2.44. The van der Waals surface area contributed by atoms with Gasteiger partial charge in [0.05, 0.1) is 6.04 Å². The zero-order chi connectivity index (χ0) is 13.4. The number of hydrogen-bond acceptors (Lipinski definition) is 3. The molecule has 0 spiro atoms. The summed E-state index contributed by atoms with van der Waals surface area (Å²) in [6.45, 7) is 9.69. The van der Waals surface area contributed by atoms with Gasteiger partial charge in [0.15, 0.2) is 0 Å². The number of nitrogens with one attached hydrogen (secondary N) is 2. The molecular weight excluding hydrogens is 228 g/mol. The number of carbonyl (C=O) groups is 1. The van der Waals surface area contributed by atoms with E-state index in [-0.39, 0.29) is 11.9 Å². The molecule has 4 nitrogen and oxygen atoms in total. The molecule has 18 heavy (non-hydrogen) atoms. The molecule has 1 amide bonds. The van der Waals surface area contributed by atoms with E-state index in [1.54, 1.807) is 0 Å². The largest absolute Gasteiger partial charge is 0.381 e. The van der Waals surface area contributed by atoms with E-state index in [9.17, 15) is 4.79 Å². The van der Waals surface area contributed by atoms with Gasteiger partial charge >= 0.3 is 0 Å². The second kappa shape index (κ2) is 8.48. The van der Waals surface area contributed by atoms with Crippen molar-refractivity contribution < 1.29 is 9.53 Å². The normalized spacial score (nSPS) is 18.9. The Kier molecular flexibility index (Phi) is 7.28. The molecule has 0 radical (unpaired) electrons. The Hall–Kier alpha value is -0.610. The molecule has 4 heteroatoms. The third-order valence-electron chi connectivity index (χ3n) is 3.47. The summed E-state index contributed by atoms with van der Waals surface area (Å²) in [6, 6.07) is -0.0972. The van der Waals surface area contributed by atoms with Crippen LogP contribution in [-0.2, 0) is 9.53 Å². The first kappa shape index (κ1) is 15.4. The second-order valence-corrected chi connectivity index (χ2v) is 5.66. The van der Waals surface area contributed by atoms with E-state index >= 15 is 0 Å². The van der Waals surface area contributed by atoms with Gasteiger partial charge in [-0.1, -0.05) is 13.8 Å². The second-order valence-electron chi connectivity index (χ2n) is 5.66. The standard InChI is InChI=1S/C14H28N2O2/c1-11(2)4-7-15-14(17)12(3)16-10-13-5-8-18-9-6-13/h11-13,16H,4-10H2,1-3H3,(H,15,17). The number of hydrogen-bond donors (Lipinski definition) is 2. The minimum absolute atomic E-state index is 0.0972. The summed E-state index contributed by atoms with van der Waals surface area (Å²) in [6.07, 6.45) is 3.25. The zero-order valence-corrected chi connectivity index (χ0v) is 12.0. The summed E-state index contributed by atoms with van der Waals surface area (Å²) >= 11 is 0. The molecule has 106 valence electrons. The van der Waals surface area contributed by atoms with E-state index in [1.165, 1.54) is 0 Å². The van der Waals surface area contributed by atoms with Gasteiger partial charge in [-0.2, -0.15) is 0 Å². The summed E-state index contributed by atoms with van der Waals surface area (Å²) < 4.78 is 5.32. The van der Waals surface area contributed by atoms with Gasteiger partial charge in [0.1, 0.15) is 0 Å². The molecule has 1 rings (SSSR count). The van der Waals surface area contributed by atoms with Crippen LogP contribution in [0.15, 0.2) is 0 Å². The Morgan fingerprint density at radius 3 is 2.56 bits per heavy atom. The van der Waals surface area contributed by atoms with Crippen molar-refractivity contribution in [3.05, 3.63) is 0 Å². The summed E-state index contributed by atoms with van der Waals surface area (Å²) in [7, 11) is 0. The van der Waals surface area contributed by atoms with Crippen molar-refractivity contribution in [3.63, 3.8) is 0 Å². The zero-order valence-electron chi connectivity index (χ0n) is 12.0. The average Bonchev–Trinajstić information content (AvgIpc) is 2.36. The highest BCUT2D eigenvalue weighted by molar-refractivity contribution is 5.81. The quantitative estimate of drug-likeness (QED) is 0.726. The predicted molar refractivity (Wildman–Crippen MR) is 73.5 cm³/mol. The summed E-state index contributed by atoms with van der Waals surface area (Å²) in [5.41, 5.74) is 0. The molecule has 1 fully saturated rings. The van der Waals surface area contributed by atoms with Gasteiger partial charge in [-0.3, -0.25) is 4.79 Å². The third-order valence-corrected chi connectivity index (χ3v) is 3.47. The summed E-state index contributed by atoms with van der Waals surface area (Å²) in [5.74, 6) is 1.41. The molecule has 2 N–H and O–H groups in total. The smallest absolute Gasteiger partial charge is 0.236 e. The van der Waals surface area contributed by atoms with Crippen molar-refractivity contribution in [1.29, 1.82) is 0 Å². The van der Waals surface area contributed by atoms with E-state index in [0.717, 1.165) is 45.6 Å². The summed E-state index contributed by atoms with van der Waals surface area (Å²) in [4.78, 5) is 11.8. The third kappa shape index (κ3) is 6.36.